The van der Waals surface area contributed by atoms with E-state index in [0.29, 0.717) is 6.04 Å². The summed E-state index contributed by atoms with van der Waals surface area (Å²) in [6.07, 6.45) is 8.14. The van der Waals surface area contributed by atoms with Gasteiger partial charge in [-0.3, -0.25) is 0 Å². The summed E-state index contributed by atoms with van der Waals surface area (Å²) in [6, 6.07) is 6.93. The van der Waals surface area contributed by atoms with E-state index in [-0.39, 0.29) is 5.60 Å². The molecule has 0 saturated carbocycles. The molecular weight excluding hydrogens is 338 g/mol. The summed E-state index contributed by atoms with van der Waals surface area (Å²) in [5, 5.41) is 1.28. The van der Waals surface area contributed by atoms with Crippen LogP contribution in [0.4, 0.5) is 0 Å². The number of hydrogen-bond acceptors (Lipinski definition) is 3. The SMILES string of the molecule is Cc1[nH]c2c(-c3nccn3C3CCOC4(CCOCC4)C3)cccc2c1C. The summed E-state index contributed by atoms with van der Waals surface area (Å²) < 4.78 is 14.2. The standard InChI is InChI=1S/C22H27N3O2/c1-15-16(2)24-20-18(15)4-3-5-19(20)21-23-9-10-25(21)17-6-11-27-22(14-17)7-12-26-13-8-22/h3-5,9-10,17,24H,6-8,11-14H2,1-2H3. The molecule has 27 heavy (non-hydrogen) atoms. The number of H-pyrrole nitrogens is 1. The highest BCUT2D eigenvalue weighted by atomic mass is 16.5. The number of hydrogen-bond donors (Lipinski definition) is 1. The third-order valence-corrected chi connectivity index (χ3v) is 6.52. The zero-order chi connectivity index (χ0) is 18.4. The zero-order valence-electron chi connectivity index (χ0n) is 16.1. The van der Waals surface area contributed by atoms with Gasteiger partial charge in [0.2, 0.25) is 0 Å². The number of para-hydroxylation sites is 1. The van der Waals surface area contributed by atoms with E-state index in [0.717, 1.165) is 51.3 Å². The minimum atomic E-state index is -0.0195. The number of fused-ring (bicyclic) bond motifs is 1. The molecule has 5 nitrogen and oxygen atoms in total. The molecule has 0 bridgehead atoms. The van der Waals surface area contributed by atoms with Gasteiger partial charge in [0.25, 0.3) is 0 Å². The van der Waals surface area contributed by atoms with E-state index in [1.807, 2.05) is 6.20 Å². The first-order valence-corrected chi connectivity index (χ1v) is 10.00. The van der Waals surface area contributed by atoms with Crippen LogP contribution in [0.5, 0.6) is 0 Å². The van der Waals surface area contributed by atoms with Crippen LogP contribution < -0.4 is 0 Å². The molecule has 2 fully saturated rings. The third kappa shape index (κ3) is 2.80. The summed E-state index contributed by atoms with van der Waals surface area (Å²) in [7, 11) is 0. The van der Waals surface area contributed by atoms with Crippen molar-refractivity contribution < 1.29 is 9.47 Å². The lowest BCUT2D eigenvalue weighted by Crippen LogP contribution is -2.44. The molecule has 1 atom stereocenters. The van der Waals surface area contributed by atoms with Crippen molar-refractivity contribution in [3.8, 4) is 11.4 Å². The van der Waals surface area contributed by atoms with Crippen molar-refractivity contribution in [2.24, 2.45) is 0 Å². The molecule has 2 aliphatic heterocycles. The molecule has 2 aromatic heterocycles. The molecule has 4 heterocycles. The largest absolute Gasteiger partial charge is 0.381 e. The van der Waals surface area contributed by atoms with Crippen molar-refractivity contribution in [2.45, 2.75) is 51.2 Å². The molecule has 142 valence electrons. The molecule has 1 N–H and O–H groups in total. The van der Waals surface area contributed by atoms with Gasteiger partial charge in [-0.05, 0) is 51.2 Å². The van der Waals surface area contributed by atoms with Gasteiger partial charge in [-0.25, -0.2) is 4.98 Å². The van der Waals surface area contributed by atoms with Crippen LogP contribution in [0, 0.1) is 13.8 Å². The Balaban J connectivity index is 1.54. The van der Waals surface area contributed by atoms with Gasteiger partial charge < -0.3 is 19.0 Å². The fourth-order valence-electron chi connectivity index (χ4n) is 4.82. The van der Waals surface area contributed by atoms with Crippen molar-refractivity contribution >= 4 is 10.9 Å². The lowest BCUT2D eigenvalue weighted by Gasteiger charge is -2.43. The fraction of sp³-hybridized carbons (Fsp3) is 0.500. The minimum absolute atomic E-state index is 0.0195. The highest BCUT2D eigenvalue weighted by Crippen LogP contribution is 2.41. The maximum Gasteiger partial charge on any atom is 0.142 e. The number of rotatable bonds is 2. The first-order valence-electron chi connectivity index (χ1n) is 10.00. The number of aromatic amines is 1. The summed E-state index contributed by atoms with van der Waals surface area (Å²) >= 11 is 0. The quantitative estimate of drug-likeness (QED) is 0.725. The zero-order valence-corrected chi connectivity index (χ0v) is 16.1. The first kappa shape index (κ1) is 17.0. The van der Waals surface area contributed by atoms with E-state index in [4.69, 9.17) is 14.5 Å². The van der Waals surface area contributed by atoms with Crippen LogP contribution in [0.2, 0.25) is 0 Å². The van der Waals surface area contributed by atoms with Crippen molar-refractivity contribution in [3.05, 3.63) is 41.9 Å². The molecule has 2 aliphatic rings. The Morgan fingerprint density at radius 3 is 2.89 bits per heavy atom. The molecule has 5 rings (SSSR count). The van der Waals surface area contributed by atoms with E-state index < -0.39 is 0 Å². The summed E-state index contributed by atoms with van der Waals surface area (Å²) in [5.41, 5.74) is 4.89. The lowest BCUT2D eigenvalue weighted by molar-refractivity contribution is -0.144. The van der Waals surface area contributed by atoms with E-state index >= 15 is 0 Å². The summed E-state index contributed by atoms with van der Waals surface area (Å²) in [6.45, 7) is 6.75. The van der Waals surface area contributed by atoms with Crippen molar-refractivity contribution in [1.82, 2.24) is 14.5 Å². The average Bonchev–Trinajstić information content (AvgIpc) is 3.28. The van der Waals surface area contributed by atoms with Crippen LogP contribution in [0.15, 0.2) is 30.6 Å². The second-order valence-corrected chi connectivity index (χ2v) is 8.05. The molecule has 0 aliphatic carbocycles. The van der Waals surface area contributed by atoms with Crippen molar-refractivity contribution in [3.63, 3.8) is 0 Å². The van der Waals surface area contributed by atoms with Gasteiger partial charge in [-0.2, -0.15) is 0 Å². The Bertz CT molecular complexity index is 960. The summed E-state index contributed by atoms with van der Waals surface area (Å²) in [4.78, 5) is 8.34. The van der Waals surface area contributed by atoms with Crippen LogP contribution in [0.25, 0.3) is 22.3 Å². The third-order valence-electron chi connectivity index (χ3n) is 6.52. The number of aryl methyl sites for hydroxylation is 2. The average molecular weight is 365 g/mol. The Hall–Kier alpha value is -2.11. The van der Waals surface area contributed by atoms with Crippen LogP contribution in [0.1, 0.15) is 43.0 Å². The maximum atomic E-state index is 6.25. The molecule has 3 aromatic rings. The van der Waals surface area contributed by atoms with Crippen LogP contribution in [-0.2, 0) is 9.47 Å². The predicted octanol–water partition coefficient (Wildman–Crippen LogP) is 4.55. The lowest BCUT2D eigenvalue weighted by atomic mass is 9.84. The highest BCUT2D eigenvalue weighted by molar-refractivity contribution is 5.95. The number of benzene rings is 1. The Labute approximate surface area is 159 Å². The van der Waals surface area contributed by atoms with Gasteiger partial charge in [0.05, 0.1) is 11.1 Å². The van der Waals surface area contributed by atoms with Gasteiger partial charge in [0.15, 0.2) is 0 Å². The second kappa shape index (κ2) is 6.50. The van der Waals surface area contributed by atoms with Gasteiger partial charge in [0.1, 0.15) is 5.82 Å². The van der Waals surface area contributed by atoms with Crippen molar-refractivity contribution in [1.29, 1.82) is 0 Å². The van der Waals surface area contributed by atoms with E-state index in [1.54, 1.807) is 0 Å². The maximum absolute atomic E-state index is 6.25. The van der Waals surface area contributed by atoms with Gasteiger partial charge in [-0.1, -0.05) is 12.1 Å². The van der Waals surface area contributed by atoms with Crippen LogP contribution in [-0.4, -0.2) is 40.0 Å². The predicted molar refractivity (Wildman–Crippen MR) is 106 cm³/mol. The molecule has 1 spiro atoms. The Morgan fingerprint density at radius 1 is 1.19 bits per heavy atom. The number of imidazole rings is 1. The van der Waals surface area contributed by atoms with E-state index in [9.17, 15) is 0 Å². The summed E-state index contributed by atoms with van der Waals surface area (Å²) in [5.74, 6) is 1.05. The molecule has 1 aromatic carbocycles. The molecule has 5 heteroatoms. The topological polar surface area (TPSA) is 52.1 Å². The highest BCUT2D eigenvalue weighted by Gasteiger charge is 2.40. The molecule has 0 radical (unpaired) electrons. The Morgan fingerprint density at radius 2 is 2.04 bits per heavy atom. The fourth-order valence-corrected chi connectivity index (χ4v) is 4.82. The first-order chi connectivity index (χ1) is 13.2. The minimum Gasteiger partial charge on any atom is -0.381 e. The number of nitrogens with zero attached hydrogens (tertiary/aromatic N) is 2. The smallest absolute Gasteiger partial charge is 0.142 e. The molecular formula is C22H27N3O2. The molecule has 1 unspecified atom stereocenters. The molecule has 2 saturated heterocycles. The van der Waals surface area contributed by atoms with Gasteiger partial charge in [0, 0.05) is 54.9 Å². The number of ether oxygens (including phenoxy) is 2. The molecule has 0 amide bonds. The van der Waals surface area contributed by atoms with Crippen LogP contribution >= 0.6 is 0 Å². The van der Waals surface area contributed by atoms with E-state index in [1.165, 1.54) is 27.7 Å². The second-order valence-electron chi connectivity index (χ2n) is 8.05. The van der Waals surface area contributed by atoms with Crippen LogP contribution in [0.3, 0.4) is 0 Å². The number of nitrogens with one attached hydrogen (secondary N) is 1. The van der Waals surface area contributed by atoms with E-state index in [2.05, 4.69) is 47.8 Å². The monoisotopic (exact) mass is 365 g/mol. The van der Waals surface area contributed by atoms with Crippen molar-refractivity contribution in [2.75, 3.05) is 19.8 Å². The van der Waals surface area contributed by atoms with Gasteiger partial charge in [-0.15, -0.1) is 0 Å². The number of aromatic nitrogens is 3. The Kier molecular flexibility index (Phi) is 4.10. The van der Waals surface area contributed by atoms with Gasteiger partial charge >= 0.3 is 0 Å². The normalized spacial score (nSPS) is 22.5.